The molecule has 0 spiro atoms. The molecule has 0 aliphatic rings. The molecule has 0 fully saturated rings. The largest absolute Gasteiger partial charge is 0.370 e. The maximum absolute atomic E-state index is 13.1. The number of aryl methyl sites for hydroxylation is 3. The molecule has 0 saturated carbocycles. The predicted octanol–water partition coefficient (Wildman–Crippen LogP) is 4.34. The Kier molecular flexibility index (Phi) is 7.85. The van der Waals surface area contributed by atoms with Crippen LogP contribution in [0.2, 0.25) is 0 Å². The second-order valence-electron chi connectivity index (χ2n) is 8.11. The summed E-state index contributed by atoms with van der Waals surface area (Å²) >= 11 is 1.29. The van der Waals surface area contributed by atoms with Crippen molar-refractivity contribution in [2.75, 3.05) is 5.75 Å². The van der Waals surface area contributed by atoms with Crippen LogP contribution in [0.5, 0.6) is 0 Å². The van der Waals surface area contributed by atoms with Crippen molar-refractivity contribution >= 4 is 34.4 Å². The van der Waals surface area contributed by atoms with E-state index in [9.17, 15) is 14.4 Å². The smallest absolute Gasteiger partial charge is 0.262 e. The first kappa shape index (κ1) is 23.7. The van der Waals surface area contributed by atoms with Crippen LogP contribution in [0.15, 0.2) is 46.3 Å². The van der Waals surface area contributed by atoms with E-state index < -0.39 is 0 Å². The Bertz CT molecular complexity index is 1220. The van der Waals surface area contributed by atoms with Crippen molar-refractivity contribution in [3.8, 4) is 0 Å². The van der Waals surface area contributed by atoms with Gasteiger partial charge in [-0.15, -0.1) is 0 Å². The zero-order chi connectivity index (χ0) is 23.3. The second kappa shape index (κ2) is 10.6. The summed E-state index contributed by atoms with van der Waals surface area (Å²) in [5, 5.41) is 1.10. The van der Waals surface area contributed by atoms with Gasteiger partial charge in [-0.2, -0.15) is 0 Å². The molecule has 0 aliphatic carbocycles. The van der Waals surface area contributed by atoms with Gasteiger partial charge in [0.25, 0.3) is 5.56 Å². The quantitative estimate of drug-likeness (QED) is 0.214. The van der Waals surface area contributed by atoms with Gasteiger partial charge >= 0.3 is 0 Å². The number of carbonyl (C=O) groups is 2. The highest BCUT2D eigenvalue weighted by atomic mass is 32.2. The van der Waals surface area contributed by atoms with Crippen molar-refractivity contribution < 1.29 is 9.59 Å². The van der Waals surface area contributed by atoms with Gasteiger partial charge in [0.05, 0.1) is 16.7 Å². The third-order valence-corrected chi connectivity index (χ3v) is 6.58. The fourth-order valence-corrected chi connectivity index (χ4v) is 4.58. The molecule has 1 amide bonds. The number of rotatable bonds is 10. The molecular weight excluding hydrogens is 422 g/mol. The molecule has 0 radical (unpaired) electrons. The Morgan fingerprint density at radius 1 is 1.00 bits per heavy atom. The molecule has 7 heteroatoms. The number of aromatic nitrogens is 2. The van der Waals surface area contributed by atoms with E-state index in [1.165, 1.54) is 11.8 Å². The number of nitrogens with zero attached hydrogens (tertiary/aromatic N) is 2. The van der Waals surface area contributed by atoms with Gasteiger partial charge in [0, 0.05) is 18.5 Å². The number of para-hydroxylation sites is 1. The monoisotopic (exact) mass is 451 g/mol. The van der Waals surface area contributed by atoms with E-state index in [-0.39, 0.29) is 23.0 Å². The van der Waals surface area contributed by atoms with Crippen LogP contribution >= 0.6 is 11.8 Å². The number of primary amides is 1. The Balaban J connectivity index is 1.82. The van der Waals surface area contributed by atoms with Crippen molar-refractivity contribution in [3.05, 3.63) is 69.0 Å². The minimum atomic E-state index is -0.314. The van der Waals surface area contributed by atoms with Crippen LogP contribution in [-0.4, -0.2) is 27.0 Å². The molecule has 168 valence electrons. The van der Waals surface area contributed by atoms with Crippen LogP contribution in [0, 0.1) is 20.8 Å². The third-order valence-electron chi connectivity index (χ3n) is 5.60. The average Bonchev–Trinajstić information content (AvgIpc) is 2.75. The highest BCUT2D eigenvalue weighted by Gasteiger charge is 2.16. The summed E-state index contributed by atoms with van der Waals surface area (Å²) in [5.74, 6) is -0.0903. The van der Waals surface area contributed by atoms with Gasteiger partial charge in [0.1, 0.15) is 0 Å². The van der Waals surface area contributed by atoms with Crippen molar-refractivity contribution in [2.45, 2.75) is 58.2 Å². The number of carbonyl (C=O) groups excluding carboxylic acids is 2. The van der Waals surface area contributed by atoms with Gasteiger partial charge in [0.2, 0.25) is 5.91 Å². The fraction of sp³-hybridized carbons (Fsp3) is 0.360. The first-order chi connectivity index (χ1) is 15.3. The van der Waals surface area contributed by atoms with Crippen LogP contribution < -0.4 is 11.3 Å². The molecular formula is C25H29N3O3S. The number of ketones is 1. The Hall–Kier alpha value is -2.93. The predicted molar refractivity (Wildman–Crippen MR) is 129 cm³/mol. The topological polar surface area (TPSA) is 95.1 Å². The molecule has 0 aliphatic heterocycles. The van der Waals surface area contributed by atoms with Crippen LogP contribution in [0.1, 0.15) is 52.7 Å². The molecule has 3 rings (SSSR count). The molecule has 0 unspecified atom stereocenters. The highest BCUT2D eigenvalue weighted by Crippen LogP contribution is 2.22. The lowest BCUT2D eigenvalue weighted by Gasteiger charge is -2.13. The minimum Gasteiger partial charge on any atom is -0.370 e. The van der Waals surface area contributed by atoms with E-state index in [0.29, 0.717) is 41.0 Å². The Morgan fingerprint density at radius 2 is 1.72 bits per heavy atom. The molecule has 0 bridgehead atoms. The molecule has 1 aromatic heterocycles. The van der Waals surface area contributed by atoms with E-state index in [2.05, 4.69) is 4.98 Å². The van der Waals surface area contributed by atoms with E-state index >= 15 is 0 Å². The number of fused-ring (bicyclic) bond motifs is 1. The minimum absolute atomic E-state index is 0.0195. The second-order valence-corrected chi connectivity index (χ2v) is 9.05. The number of amides is 1. The molecule has 0 saturated heterocycles. The maximum atomic E-state index is 13.1. The zero-order valence-corrected chi connectivity index (χ0v) is 19.6. The zero-order valence-electron chi connectivity index (χ0n) is 18.8. The van der Waals surface area contributed by atoms with Gasteiger partial charge in [0.15, 0.2) is 10.9 Å². The van der Waals surface area contributed by atoms with Crippen molar-refractivity contribution in [2.24, 2.45) is 5.73 Å². The van der Waals surface area contributed by atoms with E-state index in [1.54, 1.807) is 10.6 Å². The summed E-state index contributed by atoms with van der Waals surface area (Å²) in [4.78, 5) is 41.7. The summed E-state index contributed by atoms with van der Waals surface area (Å²) in [6.07, 6.45) is 2.55. The van der Waals surface area contributed by atoms with Crippen molar-refractivity contribution in [1.29, 1.82) is 0 Å². The molecule has 3 aromatic rings. The molecule has 0 atom stereocenters. The van der Waals surface area contributed by atoms with Gasteiger partial charge < -0.3 is 5.73 Å². The van der Waals surface area contributed by atoms with Gasteiger partial charge in [-0.1, -0.05) is 36.4 Å². The fourth-order valence-electron chi connectivity index (χ4n) is 3.67. The van der Waals surface area contributed by atoms with Gasteiger partial charge in [-0.3, -0.25) is 19.0 Å². The number of hydrogen-bond acceptors (Lipinski definition) is 5. The lowest BCUT2D eigenvalue weighted by atomic mass is 9.99. The van der Waals surface area contributed by atoms with Gasteiger partial charge in [-0.25, -0.2) is 4.98 Å². The van der Waals surface area contributed by atoms with E-state index in [4.69, 9.17) is 5.73 Å². The van der Waals surface area contributed by atoms with Crippen molar-refractivity contribution in [3.63, 3.8) is 0 Å². The van der Waals surface area contributed by atoms with Crippen LogP contribution in [0.25, 0.3) is 10.9 Å². The summed E-state index contributed by atoms with van der Waals surface area (Å²) in [6.45, 7) is 6.46. The lowest BCUT2D eigenvalue weighted by Crippen LogP contribution is -2.24. The van der Waals surface area contributed by atoms with Crippen molar-refractivity contribution in [1.82, 2.24) is 9.55 Å². The summed E-state index contributed by atoms with van der Waals surface area (Å²) < 4.78 is 1.65. The molecule has 2 N–H and O–H groups in total. The highest BCUT2D eigenvalue weighted by molar-refractivity contribution is 7.99. The maximum Gasteiger partial charge on any atom is 0.262 e. The molecule has 1 heterocycles. The molecule has 6 nitrogen and oxygen atoms in total. The number of Topliss-reactive ketones (excluding diaryl/α,β-unsaturated/α-hetero) is 1. The summed E-state index contributed by atoms with van der Waals surface area (Å²) in [7, 11) is 0. The van der Waals surface area contributed by atoms with E-state index in [0.717, 1.165) is 29.5 Å². The lowest BCUT2D eigenvalue weighted by molar-refractivity contribution is -0.118. The number of thioether (sulfide) groups is 1. The standard InChI is InChI=1S/C25H29N3O3S/c1-16-13-18(3)20(14-17(16)2)22(29)15-32-25-27-21-10-7-6-9-19(21)24(31)28(25)12-8-4-5-11-23(26)30/h6-7,9-10,13-14H,4-5,8,11-12,15H2,1-3H3,(H2,26,30). The average molecular weight is 452 g/mol. The summed E-state index contributed by atoms with van der Waals surface area (Å²) in [5.41, 5.74) is 9.63. The number of nitrogens with two attached hydrogens (primary N) is 1. The Labute approximate surface area is 192 Å². The number of benzene rings is 2. The first-order valence-electron chi connectivity index (χ1n) is 10.8. The summed E-state index contributed by atoms with van der Waals surface area (Å²) in [6, 6.07) is 11.2. The normalized spacial score (nSPS) is 11.1. The number of hydrogen-bond donors (Lipinski definition) is 1. The van der Waals surface area contributed by atoms with Crippen LogP contribution in [0.4, 0.5) is 0 Å². The third kappa shape index (κ3) is 5.65. The Morgan fingerprint density at radius 3 is 2.47 bits per heavy atom. The van der Waals surface area contributed by atoms with Crippen LogP contribution in [-0.2, 0) is 11.3 Å². The number of unbranched alkanes of at least 4 members (excludes halogenated alkanes) is 2. The SMILES string of the molecule is Cc1cc(C)c(C(=O)CSc2nc3ccccc3c(=O)n2CCCCCC(N)=O)cc1C. The van der Waals surface area contributed by atoms with Crippen LogP contribution in [0.3, 0.4) is 0 Å². The molecule has 2 aromatic carbocycles. The molecule has 32 heavy (non-hydrogen) atoms. The van der Waals surface area contributed by atoms with E-state index in [1.807, 2.05) is 51.1 Å². The first-order valence-corrected chi connectivity index (χ1v) is 11.8. The van der Waals surface area contributed by atoms with Gasteiger partial charge in [-0.05, 0) is 68.5 Å².